The monoisotopic (exact) mass is 333 g/mol. The van der Waals surface area contributed by atoms with Crippen LogP contribution >= 0.6 is 0 Å². The minimum absolute atomic E-state index is 0.131. The van der Waals surface area contributed by atoms with E-state index < -0.39 is 0 Å². The average Bonchev–Trinajstić information content (AvgIpc) is 3.27. The van der Waals surface area contributed by atoms with E-state index >= 15 is 0 Å². The van der Waals surface area contributed by atoms with Crippen molar-refractivity contribution in [2.24, 2.45) is 7.05 Å². The molecule has 0 saturated heterocycles. The van der Waals surface area contributed by atoms with Gasteiger partial charge in [-0.15, -0.1) is 0 Å². The van der Waals surface area contributed by atoms with Crippen molar-refractivity contribution in [2.75, 3.05) is 0 Å². The van der Waals surface area contributed by atoms with Crippen LogP contribution in [0.2, 0.25) is 0 Å². The summed E-state index contributed by atoms with van der Waals surface area (Å²) in [7, 11) is 1.88. The number of carbonyl (C=O) groups excluding carboxylic acids is 1. The first-order valence-corrected chi connectivity index (χ1v) is 8.38. The third-order valence-corrected chi connectivity index (χ3v) is 4.43. The van der Waals surface area contributed by atoms with E-state index in [1.165, 1.54) is 0 Å². The second-order valence-corrected chi connectivity index (χ2v) is 6.17. The quantitative estimate of drug-likeness (QED) is 0.739. The summed E-state index contributed by atoms with van der Waals surface area (Å²) >= 11 is 0. The van der Waals surface area contributed by atoms with Crippen LogP contribution < -0.4 is 0 Å². The largest absolute Gasteiger partial charge is 0.332 e. The molecule has 6 nitrogen and oxygen atoms in total. The summed E-state index contributed by atoms with van der Waals surface area (Å²) in [6.07, 6.45) is 2.39. The topological polar surface area (TPSA) is 63.9 Å². The molecule has 4 rings (SSSR count). The van der Waals surface area contributed by atoms with E-state index in [4.69, 9.17) is 9.97 Å². The van der Waals surface area contributed by atoms with Gasteiger partial charge in [-0.25, -0.2) is 9.97 Å². The molecule has 1 aliphatic heterocycles. The van der Waals surface area contributed by atoms with Crippen LogP contribution in [0.5, 0.6) is 0 Å². The lowest BCUT2D eigenvalue weighted by Crippen LogP contribution is -2.24. The van der Waals surface area contributed by atoms with Crippen LogP contribution in [0.4, 0.5) is 0 Å². The number of nitrogens with zero attached hydrogens (tertiary/aromatic N) is 5. The van der Waals surface area contributed by atoms with Gasteiger partial charge in [0.05, 0.1) is 24.5 Å². The van der Waals surface area contributed by atoms with E-state index in [9.17, 15) is 4.79 Å². The number of aryl methyl sites for hydroxylation is 1. The Morgan fingerprint density at radius 1 is 1.12 bits per heavy atom. The number of hydrogen-bond acceptors (Lipinski definition) is 4. The fourth-order valence-electron chi connectivity index (χ4n) is 3.12. The number of hydrogen-bond donors (Lipinski definition) is 0. The third-order valence-electron chi connectivity index (χ3n) is 4.43. The Balaban J connectivity index is 1.85. The molecule has 3 aromatic rings. The van der Waals surface area contributed by atoms with Gasteiger partial charge in [0, 0.05) is 30.8 Å². The van der Waals surface area contributed by atoms with Crippen LogP contribution in [0.15, 0.2) is 42.6 Å². The van der Waals surface area contributed by atoms with Crippen molar-refractivity contribution < 1.29 is 4.79 Å². The normalized spacial score (nSPS) is 13.1. The number of benzene rings is 1. The standard InChI is InChI=1S/C19H19N5O/c1-3-17(25)24-11-14-16(12-24)20-19(13-7-5-4-6-8-13)21-18(14)15-9-10-23(2)22-15/h4-10H,3,11-12H2,1-2H3. The molecule has 2 aromatic heterocycles. The summed E-state index contributed by atoms with van der Waals surface area (Å²) < 4.78 is 1.76. The van der Waals surface area contributed by atoms with E-state index in [0.717, 1.165) is 28.2 Å². The minimum Gasteiger partial charge on any atom is -0.332 e. The molecule has 6 heteroatoms. The van der Waals surface area contributed by atoms with Crippen LogP contribution in [0.1, 0.15) is 24.6 Å². The van der Waals surface area contributed by atoms with Gasteiger partial charge in [-0.2, -0.15) is 5.10 Å². The third kappa shape index (κ3) is 2.80. The van der Waals surface area contributed by atoms with Gasteiger partial charge in [-0.1, -0.05) is 37.3 Å². The SMILES string of the molecule is CCC(=O)N1Cc2nc(-c3ccccc3)nc(-c3ccn(C)n3)c2C1. The molecule has 0 atom stereocenters. The number of carbonyl (C=O) groups is 1. The van der Waals surface area contributed by atoms with Crippen molar-refractivity contribution in [3.63, 3.8) is 0 Å². The summed E-state index contributed by atoms with van der Waals surface area (Å²) in [6.45, 7) is 2.96. The van der Waals surface area contributed by atoms with Gasteiger partial charge >= 0.3 is 0 Å². The molecule has 3 heterocycles. The molecule has 1 amide bonds. The highest BCUT2D eigenvalue weighted by Crippen LogP contribution is 2.32. The predicted octanol–water partition coefficient (Wildman–Crippen LogP) is 2.80. The van der Waals surface area contributed by atoms with Crippen LogP contribution in [0, 0.1) is 0 Å². The molecule has 0 N–H and O–H groups in total. The molecule has 0 bridgehead atoms. The van der Waals surface area contributed by atoms with Crippen LogP contribution in [-0.2, 0) is 24.9 Å². The van der Waals surface area contributed by atoms with Crippen molar-refractivity contribution in [3.8, 4) is 22.8 Å². The van der Waals surface area contributed by atoms with E-state index in [1.807, 2.05) is 61.5 Å². The zero-order valence-corrected chi connectivity index (χ0v) is 14.3. The summed E-state index contributed by atoms with van der Waals surface area (Å²) in [6, 6.07) is 11.8. The lowest BCUT2D eigenvalue weighted by molar-refractivity contribution is -0.131. The molecule has 0 aliphatic carbocycles. The number of rotatable bonds is 3. The Labute approximate surface area is 146 Å². The molecule has 0 fully saturated rings. The fourth-order valence-corrected chi connectivity index (χ4v) is 3.12. The lowest BCUT2D eigenvalue weighted by Gasteiger charge is -2.13. The molecular formula is C19H19N5O. The van der Waals surface area contributed by atoms with Crippen LogP contribution in [0.25, 0.3) is 22.8 Å². The van der Waals surface area contributed by atoms with Crippen molar-refractivity contribution in [1.29, 1.82) is 0 Å². The summed E-state index contributed by atoms with van der Waals surface area (Å²) in [4.78, 5) is 23.5. The van der Waals surface area contributed by atoms with Crippen molar-refractivity contribution in [1.82, 2.24) is 24.6 Å². The van der Waals surface area contributed by atoms with E-state index in [2.05, 4.69) is 5.10 Å². The molecule has 0 unspecified atom stereocenters. The highest BCUT2D eigenvalue weighted by molar-refractivity contribution is 5.77. The molecule has 126 valence electrons. The first-order valence-electron chi connectivity index (χ1n) is 8.38. The van der Waals surface area contributed by atoms with Gasteiger partial charge in [-0.05, 0) is 6.07 Å². The van der Waals surface area contributed by atoms with Crippen molar-refractivity contribution in [3.05, 3.63) is 53.9 Å². The Morgan fingerprint density at radius 2 is 1.92 bits per heavy atom. The van der Waals surface area contributed by atoms with Gasteiger partial charge in [0.1, 0.15) is 5.69 Å². The molecule has 1 aliphatic rings. The first kappa shape index (κ1) is 15.5. The van der Waals surface area contributed by atoms with Gasteiger partial charge in [-0.3, -0.25) is 9.48 Å². The van der Waals surface area contributed by atoms with Gasteiger partial charge < -0.3 is 4.90 Å². The highest BCUT2D eigenvalue weighted by Gasteiger charge is 2.29. The van der Waals surface area contributed by atoms with E-state index in [-0.39, 0.29) is 5.91 Å². The summed E-state index contributed by atoms with van der Waals surface area (Å²) in [5, 5.41) is 4.51. The minimum atomic E-state index is 0.131. The molecule has 1 aromatic carbocycles. The highest BCUT2D eigenvalue weighted by atomic mass is 16.2. The van der Waals surface area contributed by atoms with Crippen molar-refractivity contribution >= 4 is 5.91 Å². The average molecular weight is 333 g/mol. The maximum absolute atomic E-state index is 12.1. The Morgan fingerprint density at radius 3 is 2.60 bits per heavy atom. The number of aromatic nitrogens is 4. The van der Waals surface area contributed by atoms with Gasteiger partial charge in [0.15, 0.2) is 5.82 Å². The van der Waals surface area contributed by atoms with Gasteiger partial charge in [0.25, 0.3) is 0 Å². The predicted molar refractivity (Wildman–Crippen MR) is 94.2 cm³/mol. The fraction of sp³-hybridized carbons (Fsp3) is 0.263. The first-order chi connectivity index (χ1) is 12.2. The maximum atomic E-state index is 12.1. The number of amides is 1. The maximum Gasteiger partial charge on any atom is 0.222 e. The van der Waals surface area contributed by atoms with Gasteiger partial charge in [0.2, 0.25) is 5.91 Å². The summed E-state index contributed by atoms with van der Waals surface area (Å²) in [5.41, 5.74) is 4.50. The molecule has 0 radical (unpaired) electrons. The molecule has 25 heavy (non-hydrogen) atoms. The zero-order valence-electron chi connectivity index (χ0n) is 14.3. The second kappa shape index (κ2) is 6.12. The second-order valence-electron chi connectivity index (χ2n) is 6.17. The molecule has 0 spiro atoms. The van der Waals surface area contributed by atoms with Crippen LogP contribution in [0.3, 0.4) is 0 Å². The Bertz CT molecular complexity index is 932. The molecule has 0 saturated carbocycles. The van der Waals surface area contributed by atoms with Crippen molar-refractivity contribution in [2.45, 2.75) is 26.4 Å². The lowest BCUT2D eigenvalue weighted by atomic mass is 10.1. The van der Waals surface area contributed by atoms with Crippen LogP contribution in [-0.4, -0.2) is 30.6 Å². The molecular weight excluding hydrogens is 314 g/mol. The number of fused-ring (bicyclic) bond motifs is 1. The zero-order chi connectivity index (χ0) is 17.4. The Kier molecular flexibility index (Phi) is 3.80. The van der Waals surface area contributed by atoms with E-state index in [1.54, 1.807) is 4.68 Å². The Hall–Kier alpha value is -3.02. The van der Waals surface area contributed by atoms with E-state index in [0.29, 0.717) is 25.3 Å². The smallest absolute Gasteiger partial charge is 0.222 e. The summed E-state index contributed by atoms with van der Waals surface area (Å²) in [5.74, 6) is 0.803.